The van der Waals surface area contributed by atoms with Crippen molar-refractivity contribution < 1.29 is 29.4 Å². The summed E-state index contributed by atoms with van der Waals surface area (Å²) in [4.78, 5) is 49.6. The number of hydrogen-bond acceptors (Lipinski definition) is 6. The zero-order valence-corrected chi connectivity index (χ0v) is 21.0. The number of para-hydroxylation sites is 1. The zero-order valence-electron chi connectivity index (χ0n) is 18.6. The van der Waals surface area contributed by atoms with E-state index in [4.69, 9.17) is 38.8 Å². The second-order valence-corrected chi connectivity index (χ2v) is 9.66. The fraction of sp³-hybridized carbons (Fsp3) is 0.208. The fourth-order valence-corrected chi connectivity index (χ4v) is 5.07. The van der Waals surface area contributed by atoms with Gasteiger partial charge in [0, 0.05) is 30.5 Å². The number of carbonyl (C=O) groups is 4. The molecule has 0 aliphatic carbocycles. The molecule has 0 unspecified atom stereocenters. The summed E-state index contributed by atoms with van der Waals surface area (Å²) in [5.74, 6) is -2.38. The number of fused-ring (bicyclic) bond motifs is 1. The van der Waals surface area contributed by atoms with Crippen LogP contribution < -0.4 is 4.90 Å². The molecule has 0 saturated carbocycles. The minimum absolute atomic E-state index is 0.0560. The van der Waals surface area contributed by atoms with Crippen molar-refractivity contribution in [2.45, 2.75) is 26.3 Å². The second-order valence-electron chi connectivity index (χ2n) is 7.58. The van der Waals surface area contributed by atoms with E-state index < -0.39 is 11.9 Å². The number of carboxylic acid groups (broad SMARTS) is 2. The van der Waals surface area contributed by atoms with Crippen molar-refractivity contribution in [1.82, 2.24) is 4.90 Å². The molecule has 11 heteroatoms. The van der Waals surface area contributed by atoms with Crippen LogP contribution in [0, 0.1) is 0 Å². The third-order valence-electron chi connectivity index (χ3n) is 5.03. The van der Waals surface area contributed by atoms with Gasteiger partial charge in [-0.15, -0.1) is 0 Å². The lowest BCUT2D eigenvalue weighted by molar-refractivity contribution is -0.137. The van der Waals surface area contributed by atoms with Crippen molar-refractivity contribution >= 4 is 74.9 Å². The van der Waals surface area contributed by atoms with E-state index in [-0.39, 0.29) is 36.1 Å². The first-order chi connectivity index (χ1) is 16.6. The van der Waals surface area contributed by atoms with Crippen LogP contribution in [0.15, 0.2) is 53.4 Å². The number of nitrogens with zero attached hydrogens (tertiary/aromatic N) is 2. The molecule has 0 spiro atoms. The Kier molecular flexibility index (Phi) is 8.66. The first kappa shape index (κ1) is 26.4. The van der Waals surface area contributed by atoms with Gasteiger partial charge in [-0.05, 0) is 30.2 Å². The van der Waals surface area contributed by atoms with Crippen molar-refractivity contribution in [3.63, 3.8) is 0 Å². The summed E-state index contributed by atoms with van der Waals surface area (Å²) in [6.45, 7) is 1.63. The highest BCUT2D eigenvalue weighted by Crippen LogP contribution is 2.45. The van der Waals surface area contributed by atoms with Gasteiger partial charge in [-0.1, -0.05) is 65.9 Å². The first-order valence-corrected chi connectivity index (χ1v) is 12.1. The standard InChI is InChI=1S/C22H17ClN2O4S2.C2H4O2/c23-14-9-7-13(8-10-14)12-25-16-5-2-1-4-15(16)18(20(25)28)19-21(29)24(22(30)31-19)11-3-6-17(26)27;1-2(3)4/h1-2,4-5,7-10H,3,6,11-12H2,(H,26,27);1H3,(H,3,4). The lowest BCUT2D eigenvalue weighted by atomic mass is 10.1. The van der Waals surface area contributed by atoms with Crippen LogP contribution in [0.5, 0.6) is 0 Å². The number of carbonyl (C=O) groups excluding carboxylic acids is 2. The van der Waals surface area contributed by atoms with Crippen LogP contribution in [-0.4, -0.2) is 49.7 Å². The molecule has 35 heavy (non-hydrogen) atoms. The lowest BCUT2D eigenvalue weighted by Gasteiger charge is -2.17. The molecule has 2 amide bonds. The number of hydrogen-bond donors (Lipinski definition) is 2. The molecule has 0 aromatic heterocycles. The molecule has 2 heterocycles. The Hall–Kier alpha value is -3.21. The average molecular weight is 533 g/mol. The molecule has 0 radical (unpaired) electrons. The highest BCUT2D eigenvalue weighted by atomic mass is 35.5. The van der Waals surface area contributed by atoms with Gasteiger partial charge >= 0.3 is 5.97 Å². The van der Waals surface area contributed by atoms with E-state index in [0.717, 1.165) is 29.9 Å². The van der Waals surface area contributed by atoms with E-state index in [1.54, 1.807) is 17.0 Å². The third kappa shape index (κ3) is 6.27. The topological polar surface area (TPSA) is 115 Å². The largest absolute Gasteiger partial charge is 0.481 e. The summed E-state index contributed by atoms with van der Waals surface area (Å²) >= 11 is 12.4. The predicted molar refractivity (Wildman–Crippen MR) is 138 cm³/mol. The van der Waals surface area contributed by atoms with Crippen LogP contribution in [0.2, 0.25) is 5.02 Å². The SMILES string of the molecule is CC(=O)O.O=C(O)CCCN1C(=O)C(=C2C(=O)N(Cc3ccc(Cl)cc3)c3ccccc32)SC1=S. The molecule has 0 atom stereocenters. The third-order valence-corrected chi connectivity index (χ3v) is 6.73. The number of thioether (sulfide) groups is 1. The highest BCUT2D eigenvalue weighted by molar-refractivity contribution is 8.26. The van der Waals surface area contributed by atoms with Crippen molar-refractivity contribution in [3.8, 4) is 0 Å². The number of anilines is 1. The zero-order chi connectivity index (χ0) is 25.7. The van der Waals surface area contributed by atoms with Crippen LogP contribution in [0.25, 0.3) is 5.57 Å². The Morgan fingerprint density at radius 1 is 1.00 bits per heavy atom. The second kappa shape index (κ2) is 11.5. The number of halogens is 1. The van der Waals surface area contributed by atoms with E-state index in [0.29, 0.717) is 27.0 Å². The first-order valence-electron chi connectivity index (χ1n) is 10.4. The highest BCUT2D eigenvalue weighted by Gasteiger charge is 2.41. The van der Waals surface area contributed by atoms with E-state index in [1.807, 2.05) is 36.4 Å². The molecule has 182 valence electrons. The Labute approximate surface area is 216 Å². The maximum atomic E-state index is 13.4. The average Bonchev–Trinajstić information content (AvgIpc) is 3.22. The van der Waals surface area contributed by atoms with Gasteiger partial charge in [0.05, 0.1) is 22.7 Å². The maximum Gasteiger partial charge on any atom is 0.303 e. The summed E-state index contributed by atoms with van der Waals surface area (Å²) in [6.07, 6.45) is 0.233. The van der Waals surface area contributed by atoms with Gasteiger partial charge < -0.3 is 15.1 Å². The van der Waals surface area contributed by atoms with E-state index in [9.17, 15) is 14.4 Å². The van der Waals surface area contributed by atoms with Crippen LogP contribution >= 0.6 is 35.6 Å². The Bertz CT molecular complexity index is 1220. The summed E-state index contributed by atoms with van der Waals surface area (Å²) in [5, 5.41) is 16.9. The molecular weight excluding hydrogens is 512 g/mol. The lowest BCUT2D eigenvalue weighted by Crippen LogP contribution is -2.30. The van der Waals surface area contributed by atoms with Gasteiger partial charge in [-0.25, -0.2) is 0 Å². The Morgan fingerprint density at radius 3 is 2.26 bits per heavy atom. The number of amides is 2. The van der Waals surface area contributed by atoms with E-state index in [1.165, 1.54) is 4.90 Å². The van der Waals surface area contributed by atoms with Gasteiger partial charge in [0.1, 0.15) is 4.32 Å². The van der Waals surface area contributed by atoms with Crippen molar-refractivity contribution in [3.05, 3.63) is 69.6 Å². The molecule has 1 saturated heterocycles. The molecule has 2 aromatic rings. The van der Waals surface area contributed by atoms with Gasteiger partial charge in [0.2, 0.25) is 0 Å². The molecule has 8 nitrogen and oxygen atoms in total. The molecule has 2 aromatic carbocycles. The van der Waals surface area contributed by atoms with E-state index >= 15 is 0 Å². The summed E-state index contributed by atoms with van der Waals surface area (Å²) in [5.41, 5.74) is 2.67. The van der Waals surface area contributed by atoms with Gasteiger partial charge in [-0.3, -0.25) is 24.1 Å². The normalized spacial score (nSPS) is 16.8. The Balaban J connectivity index is 0.000000795. The van der Waals surface area contributed by atoms with Crippen LogP contribution in [0.3, 0.4) is 0 Å². The summed E-state index contributed by atoms with van der Waals surface area (Å²) in [7, 11) is 0. The monoisotopic (exact) mass is 532 g/mol. The van der Waals surface area contributed by atoms with Crippen molar-refractivity contribution in [1.29, 1.82) is 0 Å². The molecule has 2 aliphatic heterocycles. The van der Waals surface area contributed by atoms with Crippen molar-refractivity contribution in [2.75, 3.05) is 11.4 Å². The van der Waals surface area contributed by atoms with Gasteiger partial charge in [0.25, 0.3) is 17.8 Å². The molecule has 4 rings (SSSR count). The summed E-state index contributed by atoms with van der Waals surface area (Å²) < 4.78 is 0.333. The molecular formula is C24H21ClN2O6S2. The summed E-state index contributed by atoms with van der Waals surface area (Å²) in [6, 6.07) is 14.6. The quantitative estimate of drug-likeness (QED) is 0.415. The van der Waals surface area contributed by atoms with Crippen molar-refractivity contribution in [2.24, 2.45) is 0 Å². The molecule has 0 bridgehead atoms. The Morgan fingerprint density at radius 2 is 1.63 bits per heavy atom. The number of carboxylic acids is 2. The van der Waals surface area contributed by atoms with Crippen LogP contribution in [-0.2, 0) is 25.7 Å². The predicted octanol–water partition coefficient (Wildman–Crippen LogP) is 4.41. The van der Waals surface area contributed by atoms with Gasteiger partial charge in [-0.2, -0.15) is 0 Å². The molecule has 2 N–H and O–H groups in total. The fourth-order valence-electron chi connectivity index (χ4n) is 3.56. The smallest absolute Gasteiger partial charge is 0.303 e. The minimum Gasteiger partial charge on any atom is -0.481 e. The molecule has 1 fully saturated rings. The minimum atomic E-state index is -0.929. The number of rotatable bonds is 6. The molecule has 2 aliphatic rings. The maximum absolute atomic E-state index is 13.4. The van der Waals surface area contributed by atoms with Crippen LogP contribution in [0.1, 0.15) is 30.9 Å². The van der Waals surface area contributed by atoms with Crippen LogP contribution in [0.4, 0.5) is 5.69 Å². The number of thiocarbonyl (C=S) groups is 1. The van der Waals surface area contributed by atoms with Gasteiger partial charge in [0.15, 0.2) is 0 Å². The van der Waals surface area contributed by atoms with E-state index in [2.05, 4.69) is 0 Å². The number of benzene rings is 2. The number of aliphatic carboxylic acids is 2.